The molecule has 0 saturated heterocycles. The summed E-state index contributed by atoms with van der Waals surface area (Å²) in [7, 11) is 1.88. The highest BCUT2D eigenvalue weighted by Gasteiger charge is 2.29. The number of nitrogens with one attached hydrogen (secondary N) is 1. The average molecular weight is 361 g/mol. The molecule has 3 aromatic rings. The van der Waals surface area contributed by atoms with Crippen molar-refractivity contribution >= 4 is 43.3 Å². The molecule has 0 aromatic carbocycles. The Labute approximate surface area is 134 Å². The number of halogens is 1. The summed E-state index contributed by atoms with van der Waals surface area (Å²) in [6.07, 6.45) is 4.27. The first-order chi connectivity index (χ1) is 10.3. The summed E-state index contributed by atoms with van der Waals surface area (Å²) in [4.78, 5) is 13.9. The zero-order valence-corrected chi connectivity index (χ0v) is 13.8. The van der Waals surface area contributed by atoms with Crippen molar-refractivity contribution in [2.24, 2.45) is 0 Å². The molecule has 1 aliphatic carbocycles. The molecule has 0 radical (unpaired) electrons. The van der Waals surface area contributed by atoms with E-state index in [2.05, 4.69) is 42.7 Å². The third-order valence-corrected chi connectivity index (χ3v) is 5.27. The Morgan fingerprint density at radius 3 is 2.95 bits per heavy atom. The van der Waals surface area contributed by atoms with E-state index in [-0.39, 0.29) is 0 Å². The standard InChI is InChI=1S/C15H13BrN4S/c1-17-15-12(16)13(8-2-3-8)19-14(20-15)9-6-11-10(18-7-9)4-5-21-11/h4-8H,2-3H2,1H3,(H,17,19,20). The summed E-state index contributed by atoms with van der Waals surface area (Å²) in [5.74, 6) is 2.15. The predicted molar refractivity (Wildman–Crippen MR) is 89.9 cm³/mol. The Morgan fingerprint density at radius 2 is 2.19 bits per heavy atom. The van der Waals surface area contributed by atoms with Crippen molar-refractivity contribution in [1.82, 2.24) is 15.0 Å². The van der Waals surface area contributed by atoms with Gasteiger partial charge in [0.2, 0.25) is 0 Å². The molecule has 1 saturated carbocycles. The Bertz CT molecular complexity index is 826. The third kappa shape index (κ3) is 2.32. The number of thiophene rings is 1. The Hall–Kier alpha value is -1.53. The molecule has 1 fully saturated rings. The summed E-state index contributed by atoms with van der Waals surface area (Å²) in [6, 6.07) is 4.15. The van der Waals surface area contributed by atoms with E-state index in [0.29, 0.717) is 5.92 Å². The summed E-state index contributed by atoms with van der Waals surface area (Å²) in [5, 5.41) is 5.20. The lowest BCUT2D eigenvalue weighted by molar-refractivity contribution is 0.980. The quantitative estimate of drug-likeness (QED) is 0.750. The molecule has 4 nitrogen and oxygen atoms in total. The molecule has 106 valence electrons. The summed E-state index contributed by atoms with van der Waals surface area (Å²) < 4.78 is 2.15. The molecular weight excluding hydrogens is 348 g/mol. The fraction of sp³-hybridized carbons (Fsp3) is 0.267. The molecule has 0 spiro atoms. The monoisotopic (exact) mass is 360 g/mol. The van der Waals surface area contributed by atoms with Crippen molar-refractivity contribution < 1.29 is 0 Å². The molecule has 6 heteroatoms. The van der Waals surface area contributed by atoms with E-state index >= 15 is 0 Å². The van der Waals surface area contributed by atoms with Crippen LogP contribution in [-0.4, -0.2) is 22.0 Å². The van der Waals surface area contributed by atoms with Crippen LogP contribution < -0.4 is 5.32 Å². The molecule has 3 aromatic heterocycles. The zero-order valence-electron chi connectivity index (χ0n) is 11.4. The highest BCUT2D eigenvalue weighted by molar-refractivity contribution is 9.10. The van der Waals surface area contributed by atoms with Crippen LogP contribution in [0.25, 0.3) is 21.6 Å². The van der Waals surface area contributed by atoms with Crippen LogP contribution >= 0.6 is 27.3 Å². The molecule has 0 atom stereocenters. The van der Waals surface area contributed by atoms with Crippen LogP contribution in [0, 0.1) is 0 Å². The Morgan fingerprint density at radius 1 is 1.33 bits per heavy atom. The fourth-order valence-corrected chi connectivity index (χ4v) is 3.83. The fourth-order valence-electron chi connectivity index (χ4n) is 2.36. The lowest BCUT2D eigenvalue weighted by atomic mass is 10.2. The zero-order chi connectivity index (χ0) is 14.4. The van der Waals surface area contributed by atoms with E-state index in [1.54, 1.807) is 11.3 Å². The van der Waals surface area contributed by atoms with Gasteiger partial charge in [-0.3, -0.25) is 4.98 Å². The minimum atomic E-state index is 0.562. The van der Waals surface area contributed by atoms with Crippen LogP contribution in [0.2, 0.25) is 0 Å². The van der Waals surface area contributed by atoms with Crippen LogP contribution in [0.15, 0.2) is 28.2 Å². The SMILES string of the molecule is CNc1nc(-c2cnc3ccsc3c2)nc(C2CC2)c1Br. The van der Waals surface area contributed by atoms with Crippen LogP contribution in [0.1, 0.15) is 24.5 Å². The Kier molecular flexibility index (Phi) is 3.15. The van der Waals surface area contributed by atoms with Crippen molar-refractivity contribution in [3.05, 3.63) is 33.9 Å². The van der Waals surface area contributed by atoms with E-state index < -0.39 is 0 Å². The van der Waals surface area contributed by atoms with Gasteiger partial charge < -0.3 is 5.32 Å². The molecule has 3 heterocycles. The van der Waals surface area contributed by atoms with Gasteiger partial charge in [0.05, 0.1) is 20.4 Å². The molecule has 21 heavy (non-hydrogen) atoms. The third-order valence-electron chi connectivity index (χ3n) is 3.64. The number of hydrogen-bond donors (Lipinski definition) is 1. The van der Waals surface area contributed by atoms with Crippen LogP contribution in [0.5, 0.6) is 0 Å². The molecule has 1 aliphatic rings. The van der Waals surface area contributed by atoms with Gasteiger partial charge in [0.1, 0.15) is 5.82 Å². The maximum absolute atomic E-state index is 4.77. The Balaban J connectivity index is 1.88. The number of hydrogen-bond acceptors (Lipinski definition) is 5. The van der Waals surface area contributed by atoms with Gasteiger partial charge in [0.25, 0.3) is 0 Å². The van der Waals surface area contributed by atoms with E-state index in [1.165, 1.54) is 12.8 Å². The molecule has 0 bridgehead atoms. The van der Waals surface area contributed by atoms with E-state index in [4.69, 9.17) is 4.98 Å². The van der Waals surface area contributed by atoms with Gasteiger partial charge in [0.15, 0.2) is 5.82 Å². The average Bonchev–Trinajstić information content (AvgIpc) is 3.24. The molecule has 1 N–H and O–H groups in total. The van der Waals surface area contributed by atoms with Gasteiger partial charge in [-0.25, -0.2) is 9.97 Å². The van der Waals surface area contributed by atoms with Crippen LogP contribution in [0.4, 0.5) is 5.82 Å². The topological polar surface area (TPSA) is 50.7 Å². The van der Waals surface area contributed by atoms with E-state index in [0.717, 1.165) is 37.6 Å². The van der Waals surface area contributed by atoms with E-state index in [1.807, 2.05) is 19.3 Å². The maximum Gasteiger partial charge on any atom is 0.163 e. The lowest BCUT2D eigenvalue weighted by Crippen LogP contribution is -2.02. The normalized spacial score (nSPS) is 14.6. The highest BCUT2D eigenvalue weighted by Crippen LogP contribution is 2.44. The van der Waals surface area contributed by atoms with Gasteiger partial charge in [-0.1, -0.05) is 0 Å². The van der Waals surface area contributed by atoms with Gasteiger partial charge in [-0.2, -0.15) is 0 Å². The van der Waals surface area contributed by atoms with Crippen molar-refractivity contribution in [3.63, 3.8) is 0 Å². The minimum Gasteiger partial charge on any atom is -0.372 e. The molecule has 0 amide bonds. The first kappa shape index (κ1) is 13.2. The van der Waals surface area contributed by atoms with Crippen molar-refractivity contribution in [3.8, 4) is 11.4 Å². The summed E-state index contributed by atoms with van der Waals surface area (Å²) in [5.41, 5.74) is 3.10. The second kappa shape index (κ2) is 5.03. The molecule has 0 aliphatic heterocycles. The van der Waals surface area contributed by atoms with Crippen molar-refractivity contribution in [2.45, 2.75) is 18.8 Å². The maximum atomic E-state index is 4.77. The highest BCUT2D eigenvalue weighted by atomic mass is 79.9. The van der Waals surface area contributed by atoms with Crippen LogP contribution in [0.3, 0.4) is 0 Å². The summed E-state index contributed by atoms with van der Waals surface area (Å²) >= 11 is 5.31. The van der Waals surface area contributed by atoms with Crippen LogP contribution in [-0.2, 0) is 0 Å². The van der Waals surface area contributed by atoms with Gasteiger partial charge >= 0.3 is 0 Å². The molecule has 0 unspecified atom stereocenters. The first-order valence-corrected chi connectivity index (χ1v) is 8.52. The van der Waals surface area contributed by atoms with Crippen molar-refractivity contribution in [1.29, 1.82) is 0 Å². The minimum absolute atomic E-state index is 0.562. The number of pyridine rings is 1. The smallest absolute Gasteiger partial charge is 0.163 e. The van der Waals surface area contributed by atoms with Crippen molar-refractivity contribution in [2.75, 3.05) is 12.4 Å². The molecule has 4 rings (SSSR count). The number of anilines is 1. The molecular formula is C15H13BrN4S. The second-order valence-corrected chi connectivity index (χ2v) is 6.89. The van der Waals surface area contributed by atoms with Gasteiger partial charge in [-0.05, 0) is 46.3 Å². The summed E-state index contributed by atoms with van der Waals surface area (Å²) in [6.45, 7) is 0. The number of fused-ring (bicyclic) bond motifs is 1. The second-order valence-electron chi connectivity index (χ2n) is 5.15. The number of rotatable bonds is 3. The lowest BCUT2D eigenvalue weighted by Gasteiger charge is -2.10. The van der Waals surface area contributed by atoms with Gasteiger partial charge in [-0.15, -0.1) is 11.3 Å². The number of nitrogens with zero attached hydrogens (tertiary/aromatic N) is 3. The van der Waals surface area contributed by atoms with Gasteiger partial charge in [0, 0.05) is 24.7 Å². The largest absolute Gasteiger partial charge is 0.372 e. The number of aromatic nitrogens is 3. The predicted octanol–water partition coefficient (Wildman–Crippen LogP) is 4.43. The van der Waals surface area contributed by atoms with E-state index in [9.17, 15) is 0 Å². The first-order valence-electron chi connectivity index (χ1n) is 6.85.